The summed E-state index contributed by atoms with van der Waals surface area (Å²) in [6.45, 7) is 1.39. The highest BCUT2D eigenvalue weighted by Gasteiger charge is 2.15. The van der Waals surface area contributed by atoms with Gasteiger partial charge >= 0.3 is 0 Å². The number of benzene rings is 1. The first-order chi connectivity index (χ1) is 13.7. The number of rotatable bonds is 9. The van der Waals surface area contributed by atoms with Crippen LogP contribution in [0.5, 0.6) is 0 Å². The number of imidazole rings is 1. The Morgan fingerprint density at radius 1 is 1.21 bits per heavy atom. The molecule has 0 unspecified atom stereocenters. The molecule has 28 heavy (non-hydrogen) atoms. The summed E-state index contributed by atoms with van der Waals surface area (Å²) in [5.74, 6) is 0.639. The average Bonchev–Trinajstić information content (AvgIpc) is 3.24. The molecule has 0 bridgehead atoms. The van der Waals surface area contributed by atoms with Crippen LogP contribution in [0, 0.1) is 0 Å². The van der Waals surface area contributed by atoms with Crippen molar-refractivity contribution in [1.82, 2.24) is 20.3 Å². The number of pyridine rings is 1. The molecule has 4 N–H and O–H groups in total. The maximum absolute atomic E-state index is 6.04. The molecule has 2 aromatic heterocycles. The van der Waals surface area contributed by atoms with Gasteiger partial charge in [0.05, 0.1) is 6.33 Å². The molecule has 1 atom stereocenters. The van der Waals surface area contributed by atoms with Crippen molar-refractivity contribution in [3.8, 4) is 0 Å². The third-order valence-electron chi connectivity index (χ3n) is 4.50. The number of aryl methyl sites for hydroxylation is 1. The molecular formula is C21H25ClN6. The summed E-state index contributed by atoms with van der Waals surface area (Å²) in [7, 11) is 0. The predicted octanol–water partition coefficient (Wildman–Crippen LogP) is 3.52. The zero-order chi connectivity index (χ0) is 19.6. The van der Waals surface area contributed by atoms with E-state index in [9.17, 15) is 0 Å². The fraction of sp³-hybridized carbons (Fsp3) is 0.286. The molecule has 0 radical (unpaired) electrons. The monoisotopic (exact) mass is 396 g/mol. The Morgan fingerprint density at radius 2 is 2.07 bits per heavy atom. The topological polar surface area (TPSA) is 92.0 Å². The smallest absolute Gasteiger partial charge is 0.188 e. The Hall–Kier alpha value is -2.86. The van der Waals surface area contributed by atoms with Gasteiger partial charge in [-0.15, -0.1) is 0 Å². The normalized spacial score (nSPS) is 12.7. The van der Waals surface area contributed by atoms with E-state index < -0.39 is 0 Å². The lowest BCUT2D eigenvalue weighted by atomic mass is 9.92. The molecule has 3 rings (SSSR count). The van der Waals surface area contributed by atoms with Gasteiger partial charge in [-0.25, -0.2) is 4.98 Å². The highest BCUT2D eigenvalue weighted by molar-refractivity contribution is 6.30. The van der Waals surface area contributed by atoms with E-state index in [2.05, 4.69) is 37.4 Å². The number of aromatic nitrogens is 3. The number of nitrogens with one attached hydrogen (secondary N) is 2. The number of halogens is 1. The summed E-state index contributed by atoms with van der Waals surface area (Å²) < 4.78 is 0. The lowest BCUT2D eigenvalue weighted by Crippen LogP contribution is -2.33. The van der Waals surface area contributed by atoms with E-state index in [1.165, 1.54) is 5.56 Å². The molecule has 3 aromatic rings. The van der Waals surface area contributed by atoms with Crippen LogP contribution in [0.3, 0.4) is 0 Å². The Labute approximate surface area is 170 Å². The summed E-state index contributed by atoms with van der Waals surface area (Å²) in [6.07, 6.45) is 8.03. The van der Waals surface area contributed by atoms with E-state index in [0.29, 0.717) is 19.0 Å². The van der Waals surface area contributed by atoms with Crippen molar-refractivity contribution in [2.45, 2.75) is 25.2 Å². The SMILES string of the molecule is NC(=NCCCc1cnc[nH]1)NCC[C@@H](c1ccc(Cl)cc1)c1ccccn1. The maximum atomic E-state index is 6.04. The molecule has 0 aliphatic heterocycles. The predicted molar refractivity (Wildman–Crippen MR) is 114 cm³/mol. The van der Waals surface area contributed by atoms with Crippen LogP contribution in [0.15, 0.2) is 66.2 Å². The Bertz CT molecular complexity index is 846. The first kappa shape index (κ1) is 19.9. The summed E-state index contributed by atoms with van der Waals surface area (Å²) in [6, 6.07) is 13.9. The minimum atomic E-state index is 0.166. The van der Waals surface area contributed by atoms with E-state index in [1.807, 2.05) is 42.7 Å². The molecule has 6 nitrogen and oxygen atoms in total. The minimum absolute atomic E-state index is 0.166. The summed E-state index contributed by atoms with van der Waals surface area (Å²) in [5.41, 5.74) is 9.33. The van der Waals surface area contributed by atoms with E-state index in [1.54, 1.807) is 6.33 Å². The lowest BCUT2D eigenvalue weighted by Gasteiger charge is -2.17. The molecule has 0 amide bonds. The molecule has 7 heteroatoms. The van der Waals surface area contributed by atoms with Gasteiger partial charge in [0.2, 0.25) is 0 Å². The molecule has 0 saturated heterocycles. The van der Waals surface area contributed by atoms with Crippen molar-refractivity contribution >= 4 is 17.6 Å². The van der Waals surface area contributed by atoms with Gasteiger partial charge in [-0.1, -0.05) is 29.8 Å². The third kappa shape index (κ3) is 6.09. The van der Waals surface area contributed by atoms with Crippen molar-refractivity contribution in [2.75, 3.05) is 13.1 Å². The Morgan fingerprint density at radius 3 is 2.79 bits per heavy atom. The van der Waals surface area contributed by atoms with Crippen molar-refractivity contribution in [3.05, 3.63) is 83.2 Å². The fourth-order valence-corrected chi connectivity index (χ4v) is 3.18. The summed E-state index contributed by atoms with van der Waals surface area (Å²) in [5, 5.41) is 3.94. The number of hydrogen-bond acceptors (Lipinski definition) is 3. The fourth-order valence-electron chi connectivity index (χ4n) is 3.05. The third-order valence-corrected chi connectivity index (χ3v) is 4.75. The largest absolute Gasteiger partial charge is 0.370 e. The van der Waals surface area contributed by atoms with Crippen LogP contribution in [0.2, 0.25) is 5.02 Å². The summed E-state index contributed by atoms with van der Waals surface area (Å²) >= 11 is 6.04. The second kappa shape index (κ2) is 10.5. The highest BCUT2D eigenvalue weighted by atomic mass is 35.5. The molecule has 0 saturated carbocycles. The number of H-pyrrole nitrogens is 1. The quantitative estimate of drug-likeness (QED) is 0.293. The van der Waals surface area contributed by atoms with E-state index in [4.69, 9.17) is 17.3 Å². The van der Waals surface area contributed by atoms with E-state index in [0.717, 1.165) is 35.7 Å². The number of aliphatic imine (C=N–C) groups is 1. The number of aromatic amines is 1. The van der Waals surface area contributed by atoms with Crippen molar-refractivity contribution in [1.29, 1.82) is 0 Å². The molecule has 146 valence electrons. The van der Waals surface area contributed by atoms with Gasteiger partial charge in [0, 0.05) is 47.8 Å². The van der Waals surface area contributed by atoms with Gasteiger partial charge in [0.1, 0.15) is 0 Å². The zero-order valence-electron chi connectivity index (χ0n) is 15.7. The first-order valence-electron chi connectivity index (χ1n) is 9.40. The second-order valence-electron chi connectivity index (χ2n) is 6.52. The maximum Gasteiger partial charge on any atom is 0.188 e. The van der Waals surface area contributed by atoms with Crippen LogP contribution in [-0.4, -0.2) is 34.0 Å². The molecule has 0 aliphatic rings. The van der Waals surface area contributed by atoms with E-state index in [-0.39, 0.29) is 5.92 Å². The Kier molecular flexibility index (Phi) is 7.44. The van der Waals surface area contributed by atoms with Crippen molar-refractivity contribution in [3.63, 3.8) is 0 Å². The molecule has 0 spiro atoms. The van der Waals surface area contributed by atoms with Gasteiger partial charge in [-0.2, -0.15) is 0 Å². The zero-order valence-corrected chi connectivity index (χ0v) is 16.4. The van der Waals surface area contributed by atoms with Gasteiger partial charge in [0.25, 0.3) is 0 Å². The molecule has 1 aromatic carbocycles. The first-order valence-corrected chi connectivity index (χ1v) is 9.77. The van der Waals surface area contributed by atoms with E-state index >= 15 is 0 Å². The Balaban J connectivity index is 1.51. The van der Waals surface area contributed by atoms with Crippen molar-refractivity contribution < 1.29 is 0 Å². The van der Waals surface area contributed by atoms with Crippen LogP contribution in [0.25, 0.3) is 0 Å². The number of nitrogens with two attached hydrogens (primary N) is 1. The van der Waals surface area contributed by atoms with Crippen LogP contribution < -0.4 is 11.1 Å². The molecule has 2 heterocycles. The molecule has 0 aliphatic carbocycles. The van der Waals surface area contributed by atoms with Crippen LogP contribution in [-0.2, 0) is 6.42 Å². The number of hydrogen-bond donors (Lipinski definition) is 3. The minimum Gasteiger partial charge on any atom is -0.370 e. The highest BCUT2D eigenvalue weighted by Crippen LogP contribution is 2.27. The van der Waals surface area contributed by atoms with Crippen LogP contribution >= 0.6 is 11.6 Å². The van der Waals surface area contributed by atoms with Gasteiger partial charge in [-0.3, -0.25) is 9.98 Å². The van der Waals surface area contributed by atoms with Crippen LogP contribution in [0.1, 0.15) is 35.7 Å². The molecular weight excluding hydrogens is 372 g/mol. The summed E-state index contributed by atoms with van der Waals surface area (Å²) in [4.78, 5) is 16.0. The standard InChI is InChI=1S/C21H25ClN6/c22-17-8-6-16(7-9-17)19(20-5-1-2-11-25-20)10-13-27-21(23)26-12-3-4-18-14-24-15-28-18/h1-2,5-9,11,14-15,19H,3-4,10,12-13H2,(H,24,28)(H3,23,26,27)/t19-/m0/s1. The number of guanidine groups is 1. The van der Waals surface area contributed by atoms with Gasteiger partial charge in [0.15, 0.2) is 5.96 Å². The second-order valence-corrected chi connectivity index (χ2v) is 6.96. The lowest BCUT2D eigenvalue weighted by molar-refractivity contribution is 0.672. The van der Waals surface area contributed by atoms with Gasteiger partial charge in [-0.05, 0) is 49.1 Å². The van der Waals surface area contributed by atoms with Crippen molar-refractivity contribution in [2.24, 2.45) is 10.7 Å². The average molecular weight is 397 g/mol. The van der Waals surface area contributed by atoms with Gasteiger partial charge < -0.3 is 16.0 Å². The van der Waals surface area contributed by atoms with Crippen LogP contribution in [0.4, 0.5) is 0 Å². The molecule has 0 fully saturated rings. The number of nitrogens with zero attached hydrogens (tertiary/aromatic N) is 3.